The minimum absolute atomic E-state index is 0.214. The van der Waals surface area contributed by atoms with Crippen molar-refractivity contribution in [3.05, 3.63) is 72.8 Å². The molecule has 2 amide bonds. The maximum absolute atomic E-state index is 13.1. The number of hydrogen-bond donors (Lipinski definition) is 1. The van der Waals surface area contributed by atoms with Crippen LogP contribution in [0.4, 0.5) is 11.4 Å². The summed E-state index contributed by atoms with van der Waals surface area (Å²) in [6.45, 7) is 1.71. The Labute approximate surface area is 144 Å². The molecular weight excluding hydrogens is 316 g/mol. The van der Waals surface area contributed by atoms with Gasteiger partial charge in [0.1, 0.15) is 11.7 Å². The monoisotopic (exact) mass is 332 g/mol. The molecule has 1 aromatic carbocycles. The van der Waals surface area contributed by atoms with Crippen LogP contribution in [0, 0.1) is 0 Å². The molecule has 3 aromatic rings. The van der Waals surface area contributed by atoms with E-state index in [0.717, 1.165) is 5.69 Å². The molecule has 1 aliphatic rings. The van der Waals surface area contributed by atoms with Gasteiger partial charge in [-0.1, -0.05) is 12.1 Å². The molecule has 0 spiro atoms. The first kappa shape index (κ1) is 15.1. The van der Waals surface area contributed by atoms with E-state index in [9.17, 15) is 9.59 Å². The number of fused-ring (bicyclic) bond motifs is 1. The Morgan fingerprint density at radius 2 is 1.88 bits per heavy atom. The number of carbonyl (C=O) groups is 2. The number of aromatic nitrogens is 2. The summed E-state index contributed by atoms with van der Waals surface area (Å²) in [6, 6.07) is 14.0. The van der Waals surface area contributed by atoms with Crippen molar-refractivity contribution in [1.29, 1.82) is 0 Å². The summed E-state index contributed by atoms with van der Waals surface area (Å²) in [6.07, 6.45) is 5.40. The normalized spacial score (nSPS) is 16.3. The molecule has 124 valence electrons. The summed E-state index contributed by atoms with van der Waals surface area (Å²) in [5.74, 6) is -0.516. The fourth-order valence-electron chi connectivity index (χ4n) is 2.96. The third-order valence-corrected chi connectivity index (χ3v) is 4.27. The number of para-hydroxylation sites is 2. The summed E-state index contributed by atoms with van der Waals surface area (Å²) >= 11 is 0. The summed E-state index contributed by atoms with van der Waals surface area (Å²) in [7, 11) is 0. The van der Waals surface area contributed by atoms with E-state index in [1.165, 1.54) is 4.90 Å². The lowest BCUT2D eigenvalue weighted by Gasteiger charge is -2.34. The van der Waals surface area contributed by atoms with Crippen molar-refractivity contribution in [2.24, 2.45) is 0 Å². The molecule has 3 heterocycles. The van der Waals surface area contributed by atoms with Crippen LogP contribution in [0.1, 0.15) is 17.4 Å². The molecule has 0 bridgehead atoms. The van der Waals surface area contributed by atoms with Crippen molar-refractivity contribution >= 4 is 23.2 Å². The molecule has 2 aromatic heterocycles. The summed E-state index contributed by atoms with van der Waals surface area (Å²) in [5, 5.41) is 2.82. The Morgan fingerprint density at radius 1 is 1.12 bits per heavy atom. The van der Waals surface area contributed by atoms with Crippen LogP contribution in [0.15, 0.2) is 67.1 Å². The standard InChI is InChI=1S/C19H16N4O2/c1-13-18(24)21-15-6-2-3-7-17(15)23(13)19(25)16-12-14(8-9-20-16)22-10-4-5-11-22/h2-13H,1H3,(H,21,24). The molecule has 4 rings (SSSR count). The van der Waals surface area contributed by atoms with Crippen LogP contribution in [0.3, 0.4) is 0 Å². The second-order valence-corrected chi connectivity index (χ2v) is 5.85. The van der Waals surface area contributed by atoms with Crippen LogP contribution in [0.2, 0.25) is 0 Å². The van der Waals surface area contributed by atoms with Gasteiger partial charge >= 0.3 is 0 Å². The van der Waals surface area contributed by atoms with Gasteiger partial charge in [0.25, 0.3) is 5.91 Å². The lowest BCUT2D eigenvalue weighted by Crippen LogP contribution is -2.49. The number of benzene rings is 1. The molecule has 6 nitrogen and oxygen atoms in total. The van der Waals surface area contributed by atoms with E-state index in [1.807, 2.05) is 53.4 Å². The van der Waals surface area contributed by atoms with Crippen LogP contribution in [0.25, 0.3) is 5.69 Å². The summed E-state index contributed by atoms with van der Waals surface area (Å²) in [5.41, 5.74) is 2.43. The maximum atomic E-state index is 13.1. The number of anilines is 2. The molecule has 1 atom stereocenters. The smallest absolute Gasteiger partial charge is 0.277 e. The van der Waals surface area contributed by atoms with Gasteiger partial charge in [0, 0.05) is 24.3 Å². The third kappa shape index (κ3) is 2.57. The number of nitrogens with one attached hydrogen (secondary N) is 1. The minimum atomic E-state index is -0.612. The highest BCUT2D eigenvalue weighted by atomic mass is 16.2. The quantitative estimate of drug-likeness (QED) is 0.785. The molecule has 25 heavy (non-hydrogen) atoms. The highest BCUT2D eigenvalue weighted by molar-refractivity contribution is 6.16. The predicted molar refractivity (Wildman–Crippen MR) is 94.9 cm³/mol. The van der Waals surface area contributed by atoms with E-state index in [2.05, 4.69) is 10.3 Å². The van der Waals surface area contributed by atoms with Crippen molar-refractivity contribution in [3.63, 3.8) is 0 Å². The molecule has 1 unspecified atom stereocenters. The molecule has 0 aliphatic carbocycles. The Hall–Kier alpha value is -3.41. The Kier molecular flexibility index (Phi) is 3.57. The molecule has 1 aliphatic heterocycles. The van der Waals surface area contributed by atoms with Crippen LogP contribution >= 0.6 is 0 Å². The van der Waals surface area contributed by atoms with E-state index >= 15 is 0 Å². The second kappa shape index (κ2) is 5.90. The van der Waals surface area contributed by atoms with E-state index in [4.69, 9.17) is 0 Å². The number of rotatable bonds is 2. The average Bonchev–Trinajstić information content (AvgIpc) is 3.17. The average molecular weight is 332 g/mol. The highest BCUT2D eigenvalue weighted by Gasteiger charge is 2.34. The molecule has 1 N–H and O–H groups in total. The first-order valence-electron chi connectivity index (χ1n) is 7.98. The van der Waals surface area contributed by atoms with Crippen molar-refractivity contribution in [1.82, 2.24) is 9.55 Å². The molecular formula is C19H16N4O2. The third-order valence-electron chi connectivity index (χ3n) is 4.27. The Bertz CT molecular complexity index is 950. The summed E-state index contributed by atoms with van der Waals surface area (Å²) in [4.78, 5) is 31.1. The van der Waals surface area contributed by atoms with Gasteiger partial charge in [0.15, 0.2) is 0 Å². The highest BCUT2D eigenvalue weighted by Crippen LogP contribution is 2.32. The van der Waals surface area contributed by atoms with Gasteiger partial charge in [0.05, 0.1) is 11.4 Å². The van der Waals surface area contributed by atoms with E-state index in [0.29, 0.717) is 17.1 Å². The zero-order chi connectivity index (χ0) is 17.4. The Balaban J connectivity index is 1.76. The zero-order valence-corrected chi connectivity index (χ0v) is 13.6. The number of carbonyl (C=O) groups excluding carboxylic acids is 2. The number of hydrogen-bond acceptors (Lipinski definition) is 3. The van der Waals surface area contributed by atoms with E-state index in [1.54, 1.807) is 25.3 Å². The van der Waals surface area contributed by atoms with Gasteiger partial charge in [0.2, 0.25) is 5.91 Å². The first-order valence-corrected chi connectivity index (χ1v) is 7.98. The first-order chi connectivity index (χ1) is 12.1. The van der Waals surface area contributed by atoms with Crippen molar-refractivity contribution < 1.29 is 9.59 Å². The fraction of sp³-hybridized carbons (Fsp3) is 0.105. The second-order valence-electron chi connectivity index (χ2n) is 5.85. The SMILES string of the molecule is CC1C(=O)Nc2ccccc2N1C(=O)c1cc(-n2cccc2)ccn1. The molecule has 6 heteroatoms. The Morgan fingerprint density at radius 3 is 2.68 bits per heavy atom. The minimum Gasteiger partial charge on any atom is -0.324 e. The fourth-order valence-corrected chi connectivity index (χ4v) is 2.96. The molecule has 0 radical (unpaired) electrons. The maximum Gasteiger partial charge on any atom is 0.277 e. The summed E-state index contributed by atoms with van der Waals surface area (Å²) < 4.78 is 1.90. The van der Waals surface area contributed by atoms with Crippen molar-refractivity contribution in [2.45, 2.75) is 13.0 Å². The van der Waals surface area contributed by atoms with E-state index in [-0.39, 0.29) is 11.8 Å². The van der Waals surface area contributed by atoms with Gasteiger partial charge in [-0.2, -0.15) is 0 Å². The molecule has 0 saturated heterocycles. The van der Waals surface area contributed by atoms with Crippen LogP contribution in [-0.2, 0) is 4.79 Å². The van der Waals surface area contributed by atoms with Crippen molar-refractivity contribution in [3.8, 4) is 5.69 Å². The van der Waals surface area contributed by atoms with Crippen LogP contribution in [0.5, 0.6) is 0 Å². The van der Waals surface area contributed by atoms with Crippen LogP contribution < -0.4 is 10.2 Å². The van der Waals surface area contributed by atoms with Gasteiger partial charge in [-0.05, 0) is 43.3 Å². The number of pyridine rings is 1. The van der Waals surface area contributed by atoms with Crippen molar-refractivity contribution in [2.75, 3.05) is 10.2 Å². The van der Waals surface area contributed by atoms with Crippen LogP contribution in [-0.4, -0.2) is 27.4 Å². The molecule has 0 fully saturated rings. The van der Waals surface area contributed by atoms with Gasteiger partial charge in [-0.15, -0.1) is 0 Å². The van der Waals surface area contributed by atoms with Gasteiger partial charge in [-0.3, -0.25) is 19.5 Å². The number of amides is 2. The number of nitrogens with zero attached hydrogens (tertiary/aromatic N) is 3. The zero-order valence-electron chi connectivity index (χ0n) is 13.6. The lowest BCUT2D eigenvalue weighted by molar-refractivity contribution is -0.117. The molecule has 0 saturated carbocycles. The van der Waals surface area contributed by atoms with E-state index < -0.39 is 6.04 Å². The topological polar surface area (TPSA) is 67.2 Å². The lowest BCUT2D eigenvalue weighted by atomic mass is 10.1. The van der Waals surface area contributed by atoms with Gasteiger partial charge < -0.3 is 9.88 Å². The van der Waals surface area contributed by atoms with Gasteiger partial charge in [-0.25, -0.2) is 0 Å². The largest absolute Gasteiger partial charge is 0.324 e. The predicted octanol–water partition coefficient (Wildman–Crippen LogP) is 2.86.